The first-order valence-electron chi connectivity index (χ1n) is 5.33. The molecule has 0 radical (unpaired) electrons. The number of non-ortho nitro benzene ring substituents is 1. The van der Waals surface area contributed by atoms with Crippen molar-refractivity contribution >= 4 is 49.1 Å². The maximum Gasteiger partial charge on any atom is 0.271 e. The Morgan fingerprint density at radius 2 is 1.95 bits per heavy atom. The molecule has 0 unspecified atom stereocenters. The van der Waals surface area contributed by atoms with Crippen LogP contribution in [0.3, 0.4) is 0 Å². The lowest BCUT2D eigenvalue weighted by atomic mass is 10.3. The summed E-state index contributed by atoms with van der Waals surface area (Å²) < 4.78 is 6.52. The third-order valence-electron chi connectivity index (χ3n) is 2.35. The summed E-state index contributed by atoms with van der Waals surface area (Å²) >= 11 is 12.2. The normalized spacial score (nSPS) is 10.3. The smallest absolute Gasteiger partial charge is 0.271 e. The highest BCUT2D eigenvalue weighted by atomic mass is 79.9. The molecule has 0 atom stereocenters. The molecule has 1 aromatic heterocycles. The van der Waals surface area contributed by atoms with E-state index < -0.39 is 4.92 Å². The molecule has 0 fully saturated rings. The lowest BCUT2D eigenvalue weighted by Crippen LogP contribution is -1.93. The average molecular weight is 422 g/mol. The van der Waals surface area contributed by atoms with Gasteiger partial charge in [-0.2, -0.15) is 0 Å². The fraction of sp³-hybridized carbons (Fsp3) is 0.0833. The van der Waals surface area contributed by atoms with Crippen molar-refractivity contribution < 1.29 is 9.66 Å². The Bertz CT molecular complexity index is 627. The zero-order chi connectivity index (χ0) is 14.7. The molecule has 5 nitrogen and oxygen atoms in total. The summed E-state index contributed by atoms with van der Waals surface area (Å²) in [7, 11) is 0. The number of aromatic nitrogens is 1. The summed E-state index contributed by atoms with van der Waals surface area (Å²) in [6.07, 6.45) is 1.61. The molecule has 0 aliphatic rings. The Kier molecular flexibility index (Phi) is 4.95. The van der Waals surface area contributed by atoms with Crippen molar-refractivity contribution in [3.63, 3.8) is 0 Å². The van der Waals surface area contributed by atoms with Crippen molar-refractivity contribution in [3.05, 3.63) is 55.1 Å². The molecule has 0 aliphatic heterocycles. The largest absolute Gasteiger partial charge is 0.437 e. The number of nitro benzene ring substituents is 1. The SMILES string of the molecule is O=[N+]([O-])c1cc(Br)c(Oc2ccc(CCl)cn2)c(Br)c1. The van der Waals surface area contributed by atoms with Gasteiger partial charge < -0.3 is 4.74 Å². The molecule has 0 bridgehead atoms. The lowest BCUT2D eigenvalue weighted by molar-refractivity contribution is -0.385. The van der Waals surface area contributed by atoms with Crippen LogP contribution in [0.25, 0.3) is 0 Å². The monoisotopic (exact) mass is 420 g/mol. The van der Waals surface area contributed by atoms with E-state index in [1.165, 1.54) is 12.1 Å². The molecule has 20 heavy (non-hydrogen) atoms. The number of rotatable bonds is 4. The zero-order valence-electron chi connectivity index (χ0n) is 9.85. The number of nitrogens with zero attached hydrogens (tertiary/aromatic N) is 2. The minimum atomic E-state index is -0.479. The number of halogens is 3. The standard InChI is InChI=1S/C12H7Br2ClN2O3/c13-9-3-8(17(18)19)4-10(14)12(9)20-11-2-1-7(5-15)6-16-11/h1-4,6H,5H2. The first-order valence-corrected chi connectivity index (χ1v) is 7.45. The van der Waals surface area contributed by atoms with Gasteiger partial charge in [0.2, 0.25) is 5.88 Å². The Morgan fingerprint density at radius 3 is 2.40 bits per heavy atom. The topological polar surface area (TPSA) is 65.3 Å². The van der Waals surface area contributed by atoms with E-state index in [0.717, 1.165) is 5.56 Å². The van der Waals surface area contributed by atoms with Gasteiger partial charge in [0, 0.05) is 30.3 Å². The van der Waals surface area contributed by atoms with Crippen molar-refractivity contribution in [2.75, 3.05) is 0 Å². The Balaban J connectivity index is 2.30. The predicted octanol–water partition coefficient (Wildman–Crippen LogP) is 5.05. The van der Waals surface area contributed by atoms with Gasteiger partial charge in [-0.15, -0.1) is 11.6 Å². The first-order chi connectivity index (χ1) is 9.51. The third-order valence-corrected chi connectivity index (χ3v) is 3.84. The van der Waals surface area contributed by atoms with Gasteiger partial charge in [0.05, 0.1) is 13.9 Å². The second kappa shape index (κ2) is 6.51. The highest BCUT2D eigenvalue weighted by Gasteiger charge is 2.16. The molecular formula is C12H7Br2ClN2O3. The van der Waals surface area contributed by atoms with E-state index >= 15 is 0 Å². The second-order valence-electron chi connectivity index (χ2n) is 3.74. The van der Waals surface area contributed by atoms with Crippen LogP contribution in [0.15, 0.2) is 39.4 Å². The van der Waals surface area contributed by atoms with E-state index in [1.54, 1.807) is 18.3 Å². The molecule has 0 amide bonds. The molecule has 2 aromatic rings. The molecule has 1 heterocycles. The van der Waals surface area contributed by atoms with Crippen LogP contribution < -0.4 is 4.74 Å². The summed E-state index contributed by atoms with van der Waals surface area (Å²) in [5.41, 5.74) is 0.836. The fourth-order valence-electron chi connectivity index (χ4n) is 1.40. The van der Waals surface area contributed by atoms with Gasteiger partial charge in [-0.3, -0.25) is 10.1 Å². The molecule has 0 spiro atoms. The molecule has 0 saturated heterocycles. The Labute approximate surface area is 136 Å². The maximum absolute atomic E-state index is 10.7. The van der Waals surface area contributed by atoms with Crippen molar-refractivity contribution in [2.45, 2.75) is 5.88 Å². The van der Waals surface area contributed by atoms with Gasteiger partial charge in [-0.05, 0) is 37.4 Å². The molecule has 1 aromatic carbocycles. The van der Waals surface area contributed by atoms with E-state index in [1.807, 2.05) is 0 Å². The summed E-state index contributed by atoms with van der Waals surface area (Å²) in [6, 6.07) is 6.21. The van der Waals surface area contributed by atoms with Crippen molar-refractivity contribution in [2.24, 2.45) is 0 Å². The first kappa shape index (κ1) is 15.2. The Morgan fingerprint density at radius 1 is 1.30 bits per heavy atom. The lowest BCUT2D eigenvalue weighted by Gasteiger charge is -2.09. The van der Waals surface area contributed by atoms with Crippen molar-refractivity contribution in [1.29, 1.82) is 0 Å². The summed E-state index contributed by atoms with van der Waals surface area (Å²) in [5, 5.41) is 10.7. The van der Waals surface area contributed by atoms with Crippen LogP contribution >= 0.6 is 43.5 Å². The van der Waals surface area contributed by atoms with Crippen molar-refractivity contribution in [1.82, 2.24) is 4.98 Å². The average Bonchev–Trinajstić information content (AvgIpc) is 2.43. The summed E-state index contributed by atoms with van der Waals surface area (Å²) in [6.45, 7) is 0. The fourth-order valence-corrected chi connectivity index (χ4v) is 2.89. The molecule has 0 aliphatic carbocycles. The number of ether oxygens (including phenoxy) is 1. The number of nitro groups is 1. The highest BCUT2D eigenvalue weighted by Crippen LogP contribution is 2.39. The number of benzene rings is 1. The molecular weight excluding hydrogens is 415 g/mol. The minimum absolute atomic E-state index is 0.0402. The summed E-state index contributed by atoms with van der Waals surface area (Å²) in [5.74, 6) is 1.16. The molecule has 104 valence electrons. The summed E-state index contributed by atoms with van der Waals surface area (Å²) in [4.78, 5) is 14.4. The van der Waals surface area contributed by atoms with Crippen LogP contribution in [0.2, 0.25) is 0 Å². The number of hydrogen-bond acceptors (Lipinski definition) is 4. The van der Waals surface area contributed by atoms with E-state index in [0.29, 0.717) is 26.5 Å². The second-order valence-corrected chi connectivity index (χ2v) is 5.71. The number of hydrogen-bond donors (Lipinski definition) is 0. The maximum atomic E-state index is 10.7. The molecule has 2 rings (SSSR count). The van der Waals surface area contributed by atoms with Crippen molar-refractivity contribution in [3.8, 4) is 11.6 Å². The van der Waals surface area contributed by atoms with Crippen LogP contribution in [0, 0.1) is 10.1 Å². The number of pyridine rings is 1. The number of alkyl halides is 1. The van der Waals surface area contributed by atoms with Gasteiger partial charge in [0.15, 0.2) is 5.75 Å². The highest BCUT2D eigenvalue weighted by molar-refractivity contribution is 9.11. The van der Waals surface area contributed by atoms with E-state index in [9.17, 15) is 10.1 Å². The zero-order valence-corrected chi connectivity index (χ0v) is 13.8. The van der Waals surface area contributed by atoms with Gasteiger partial charge in [-0.1, -0.05) is 6.07 Å². The third kappa shape index (κ3) is 3.47. The quantitative estimate of drug-likeness (QED) is 0.393. The van der Waals surface area contributed by atoms with Crippen LogP contribution in [0.1, 0.15) is 5.56 Å². The Hall–Kier alpha value is -1.18. The van der Waals surface area contributed by atoms with E-state index in [-0.39, 0.29) is 5.69 Å². The molecule has 0 saturated carbocycles. The van der Waals surface area contributed by atoms with E-state index in [4.69, 9.17) is 16.3 Å². The molecule has 0 N–H and O–H groups in total. The van der Waals surface area contributed by atoms with Gasteiger partial charge in [-0.25, -0.2) is 4.98 Å². The van der Waals surface area contributed by atoms with Gasteiger partial charge in [0.1, 0.15) is 0 Å². The minimum Gasteiger partial charge on any atom is -0.437 e. The van der Waals surface area contributed by atoms with E-state index in [2.05, 4.69) is 36.8 Å². The van der Waals surface area contributed by atoms with Crippen LogP contribution in [0.4, 0.5) is 5.69 Å². The predicted molar refractivity (Wildman–Crippen MR) is 82.4 cm³/mol. The molecule has 8 heteroatoms. The van der Waals surface area contributed by atoms with Crippen LogP contribution in [-0.2, 0) is 5.88 Å². The van der Waals surface area contributed by atoms with Crippen LogP contribution in [-0.4, -0.2) is 9.91 Å². The van der Waals surface area contributed by atoms with Gasteiger partial charge in [0.25, 0.3) is 5.69 Å². The van der Waals surface area contributed by atoms with Crippen LogP contribution in [0.5, 0.6) is 11.6 Å². The van der Waals surface area contributed by atoms with Gasteiger partial charge >= 0.3 is 0 Å².